The van der Waals surface area contributed by atoms with Gasteiger partial charge in [-0.15, -0.1) is 10.2 Å². The minimum atomic E-state index is -0.306. The van der Waals surface area contributed by atoms with E-state index in [2.05, 4.69) is 30.7 Å². The standard InChI is InChI=1S/C19H20N6O3/c26-19(23-16-5-1-3-14(11-16)18-24-22-13-28-18)21-12-15-4-2-6-20-17(15)25-7-9-27-10-8-25/h1-6,11,13H,7-10,12H2,(H2,21,23,26). The van der Waals surface area contributed by atoms with Gasteiger partial charge in [0.1, 0.15) is 5.82 Å². The fourth-order valence-electron chi connectivity index (χ4n) is 3.01. The monoisotopic (exact) mass is 380 g/mol. The highest BCUT2D eigenvalue weighted by atomic mass is 16.5. The fraction of sp³-hybridized carbons (Fsp3) is 0.263. The summed E-state index contributed by atoms with van der Waals surface area (Å²) in [5, 5.41) is 13.2. The molecule has 1 saturated heterocycles. The van der Waals surface area contributed by atoms with Crippen molar-refractivity contribution in [1.29, 1.82) is 0 Å². The summed E-state index contributed by atoms with van der Waals surface area (Å²) in [5.41, 5.74) is 2.32. The van der Waals surface area contributed by atoms with E-state index in [0.717, 1.165) is 30.0 Å². The molecule has 1 aromatic carbocycles. The summed E-state index contributed by atoms with van der Waals surface area (Å²) in [5.74, 6) is 1.28. The molecule has 9 nitrogen and oxygen atoms in total. The van der Waals surface area contributed by atoms with Gasteiger partial charge in [-0.05, 0) is 24.3 Å². The third kappa shape index (κ3) is 4.26. The first-order valence-corrected chi connectivity index (χ1v) is 8.97. The molecule has 0 bridgehead atoms. The Morgan fingerprint density at radius 1 is 1.18 bits per heavy atom. The molecule has 0 radical (unpaired) electrons. The lowest BCUT2D eigenvalue weighted by Gasteiger charge is -2.29. The summed E-state index contributed by atoms with van der Waals surface area (Å²) in [4.78, 5) is 19.0. The lowest BCUT2D eigenvalue weighted by atomic mass is 10.2. The summed E-state index contributed by atoms with van der Waals surface area (Å²) < 4.78 is 10.6. The Morgan fingerprint density at radius 3 is 2.89 bits per heavy atom. The Labute approximate surface area is 161 Å². The first-order chi connectivity index (χ1) is 13.8. The van der Waals surface area contributed by atoms with Gasteiger partial charge in [-0.3, -0.25) is 0 Å². The number of urea groups is 1. The number of aromatic nitrogens is 3. The second-order valence-electron chi connectivity index (χ2n) is 6.22. The molecule has 0 atom stereocenters. The number of rotatable bonds is 5. The summed E-state index contributed by atoms with van der Waals surface area (Å²) >= 11 is 0. The number of nitrogens with one attached hydrogen (secondary N) is 2. The number of ether oxygens (including phenoxy) is 1. The van der Waals surface area contributed by atoms with Crippen molar-refractivity contribution < 1.29 is 13.9 Å². The SMILES string of the molecule is O=C(NCc1cccnc1N1CCOCC1)Nc1cccc(-c2nnco2)c1. The molecule has 3 aromatic rings. The van der Waals surface area contributed by atoms with Gasteiger partial charge >= 0.3 is 6.03 Å². The number of amides is 2. The number of hydrogen-bond donors (Lipinski definition) is 2. The van der Waals surface area contributed by atoms with Crippen molar-refractivity contribution in [3.8, 4) is 11.5 Å². The second kappa shape index (κ2) is 8.49. The highest BCUT2D eigenvalue weighted by molar-refractivity contribution is 5.89. The minimum absolute atomic E-state index is 0.306. The van der Waals surface area contributed by atoms with Crippen molar-refractivity contribution >= 4 is 17.5 Å². The Kier molecular flexibility index (Phi) is 5.43. The largest absolute Gasteiger partial charge is 0.423 e. The number of morpholine rings is 1. The number of benzene rings is 1. The first-order valence-electron chi connectivity index (χ1n) is 8.97. The smallest absolute Gasteiger partial charge is 0.319 e. The van der Waals surface area contributed by atoms with Gasteiger partial charge in [0, 0.05) is 42.6 Å². The Hall–Kier alpha value is -3.46. The quantitative estimate of drug-likeness (QED) is 0.699. The normalized spacial score (nSPS) is 13.9. The maximum Gasteiger partial charge on any atom is 0.319 e. The van der Waals surface area contributed by atoms with Crippen LogP contribution in [-0.2, 0) is 11.3 Å². The molecule has 9 heteroatoms. The zero-order valence-electron chi connectivity index (χ0n) is 15.2. The summed E-state index contributed by atoms with van der Waals surface area (Å²) in [6.45, 7) is 3.31. The van der Waals surface area contributed by atoms with E-state index < -0.39 is 0 Å². The minimum Gasteiger partial charge on any atom is -0.423 e. The Morgan fingerprint density at radius 2 is 2.07 bits per heavy atom. The molecular weight excluding hydrogens is 360 g/mol. The van der Waals surface area contributed by atoms with Crippen LogP contribution in [0.3, 0.4) is 0 Å². The van der Waals surface area contributed by atoms with Crippen LogP contribution in [0.4, 0.5) is 16.3 Å². The van der Waals surface area contributed by atoms with Crippen molar-refractivity contribution in [3.63, 3.8) is 0 Å². The molecule has 2 N–H and O–H groups in total. The van der Waals surface area contributed by atoms with Crippen LogP contribution in [0.1, 0.15) is 5.56 Å². The van der Waals surface area contributed by atoms with E-state index in [-0.39, 0.29) is 6.03 Å². The van der Waals surface area contributed by atoms with Crippen LogP contribution < -0.4 is 15.5 Å². The predicted octanol–water partition coefficient (Wildman–Crippen LogP) is 2.29. The maximum atomic E-state index is 12.3. The van der Waals surface area contributed by atoms with E-state index in [1.54, 1.807) is 18.3 Å². The van der Waals surface area contributed by atoms with Crippen LogP contribution in [-0.4, -0.2) is 47.5 Å². The van der Waals surface area contributed by atoms with Crippen LogP contribution in [0.2, 0.25) is 0 Å². The number of carbonyl (C=O) groups excluding carboxylic acids is 1. The fourth-order valence-corrected chi connectivity index (χ4v) is 3.01. The summed E-state index contributed by atoms with van der Waals surface area (Å²) in [7, 11) is 0. The Bertz CT molecular complexity index is 925. The lowest BCUT2D eigenvalue weighted by Crippen LogP contribution is -2.38. The summed E-state index contributed by atoms with van der Waals surface area (Å²) in [6.07, 6.45) is 3.03. The molecule has 2 amide bonds. The number of nitrogens with zero attached hydrogens (tertiary/aromatic N) is 4. The first kappa shape index (κ1) is 17.9. The van der Waals surface area contributed by atoms with Gasteiger partial charge in [0.05, 0.1) is 13.2 Å². The lowest BCUT2D eigenvalue weighted by molar-refractivity contribution is 0.122. The zero-order valence-corrected chi connectivity index (χ0v) is 15.2. The van der Waals surface area contributed by atoms with Crippen molar-refractivity contribution in [2.24, 2.45) is 0 Å². The number of hydrogen-bond acceptors (Lipinski definition) is 7. The van der Waals surface area contributed by atoms with Gasteiger partial charge in [0.15, 0.2) is 0 Å². The van der Waals surface area contributed by atoms with E-state index in [0.29, 0.717) is 31.3 Å². The van der Waals surface area contributed by atoms with Gasteiger partial charge < -0.3 is 24.7 Å². The average Bonchev–Trinajstić information content (AvgIpc) is 3.28. The molecule has 1 aliphatic heterocycles. The number of anilines is 2. The van der Waals surface area contributed by atoms with Crippen molar-refractivity contribution in [2.75, 3.05) is 36.5 Å². The van der Waals surface area contributed by atoms with Crippen LogP contribution in [0.5, 0.6) is 0 Å². The highest BCUT2D eigenvalue weighted by Gasteiger charge is 2.16. The molecule has 0 saturated carbocycles. The third-order valence-electron chi connectivity index (χ3n) is 4.34. The topological polar surface area (TPSA) is 105 Å². The van der Waals surface area contributed by atoms with E-state index in [4.69, 9.17) is 9.15 Å². The van der Waals surface area contributed by atoms with Crippen LogP contribution in [0.15, 0.2) is 53.4 Å². The molecule has 1 aliphatic rings. The Balaban J connectivity index is 1.38. The molecule has 0 aliphatic carbocycles. The molecule has 4 rings (SSSR count). The van der Waals surface area contributed by atoms with Gasteiger partial charge in [-0.1, -0.05) is 12.1 Å². The number of pyridine rings is 1. The molecular formula is C19H20N6O3. The molecule has 3 heterocycles. The second-order valence-corrected chi connectivity index (χ2v) is 6.22. The molecule has 28 heavy (non-hydrogen) atoms. The van der Waals surface area contributed by atoms with E-state index >= 15 is 0 Å². The van der Waals surface area contributed by atoms with Gasteiger partial charge in [0.25, 0.3) is 0 Å². The molecule has 2 aromatic heterocycles. The van der Waals surface area contributed by atoms with Gasteiger partial charge in [0.2, 0.25) is 12.3 Å². The maximum absolute atomic E-state index is 12.3. The van der Waals surface area contributed by atoms with E-state index in [1.165, 1.54) is 6.39 Å². The van der Waals surface area contributed by atoms with Crippen molar-refractivity contribution in [1.82, 2.24) is 20.5 Å². The predicted molar refractivity (Wildman–Crippen MR) is 103 cm³/mol. The van der Waals surface area contributed by atoms with Crippen molar-refractivity contribution in [3.05, 3.63) is 54.6 Å². The molecule has 0 unspecified atom stereocenters. The van der Waals surface area contributed by atoms with Crippen LogP contribution in [0, 0.1) is 0 Å². The molecule has 1 fully saturated rings. The van der Waals surface area contributed by atoms with Crippen molar-refractivity contribution in [2.45, 2.75) is 6.54 Å². The van der Waals surface area contributed by atoms with E-state index in [1.807, 2.05) is 24.3 Å². The zero-order chi connectivity index (χ0) is 19.2. The third-order valence-corrected chi connectivity index (χ3v) is 4.34. The highest BCUT2D eigenvalue weighted by Crippen LogP contribution is 2.21. The average molecular weight is 380 g/mol. The number of carbonyl (C=O) groups is 1. The van der Waals surface area contributed by atoms with Gasteiger partial charge in [-0.25, -0.2) is 9.78 Å². The van der Waals surface area contributed by atoms with Crippen LogP contribution in [0.25, 0.3) is 11.5 Å². The molecule has 144 valence electrons. The van der Waals surface area contributed by atoms with Crippen LogP contribution >= 0.6 is 0 Å². The molecule has 0 spiro atoms. The summed E-state index contributed by atoms with van der Waals surface area (Å²) in [6, 6.07) is 10.7. The van der Waals surface area contributed by atoms with Gasteiger partial charge in [-0.2, -0.15) is 0 Å². The van der Waals surface area contributed by atoms with E-state index in [9.17, 15) is 4.79 Å².